The lowest BCUT2D eigenvalue weighted by Gasteiger charge is -2.09. The highest BCUT2D eigenvalue weighted by molar-refractivity contribution is 5.77. The van der Waals surface area contributed by atoms with Gasteiger partial charge in [-0.1, -0.05) is 43.2 Å². The van der Waals surface area contributed by atoms with E-state index < -0.39 is 0 Å². The number of benzene rings is 1. The Balaban J connectivity index is 2.12. The van der Waals surface area contributed by atoms with E-state index in [0.717, 1.165) is 11.4 Å². The molecule has 1 aliphatic rings. The SMILES string of the molecule is Cn1nc(C2CCCC2)c(-c2ccccc2)c1N. The van der Waals surface area contributed by atoms with Crippen LogP contribution in [0, 0.1) is 0 Å². The zero-order valence-corrected chi connectivity index (χ0v) is 10.8. The second-order valence-electron chi connectivity index (χ2n) is 5.12. The van der Waals surface area contributed by atoms with Crippen molar-refractivity contribution in [1.82, 2.24) is 9.78 Å². The number of aryl methyl sites for hydroxylation is 1. The van der Waals surface area contributed by atoms with E-state index in [1.165, 1.54) is 36.9 Å². The molecule has 94 valence electrons. The maximum atomic E-state index is 6.20. The van der Waals surface area contributed by atoms with Crippen molar-refractivity contribution in [3.05, 3.63) is 36.0 Å². The van der Waals surface area contributed by atoms with Crippen LogP contribution in [-0.4, -0.2) is 9.78 Å². The molecule has 1 saturated carbocycles. The second kappa shape index (κ2) is 4.48. The van der Waals surface area contributed by atoms with Crippen molar-refractivity contribution < 1.29 is 0 Å². The highest BCUT2D eigenvalue weighted by Gasteiger charge is 2.25. The topological polar surface area (TPSA) is 43.8 Å². The standard InChI is InChI=1S/C15H19N3/c1-18-15(16)13(11-7-3-2-4-8-11)14(17-18)12-9-5-6-10-12/h2-4,7-8,12H,5-6,9-10,16H2,1H3. The Hall–Kier alpha value is -1.77. The van der Waals surface area contributed by atoms with Crippen molar-refractivity contribution in [3.63, 3.8) is 0 Å². The van der Waals surface area contributed by atoms with Crippen LogP contribution in [0.25, 0.3) is 11.1 Å². The molecule has 2 aromatic rings. The first kappa shape index (κ1) is 11.3. The molecule has 3 nitrogen and oxygen atoms in total. The summed E-state index contributed by atoms with van der Waals surface area (Å²) in [6.45, 7) is 0. The van der Waals surface area contributed by atoms with Crippen LogP contribution in [0.5, 0.6) is 0 Å². The number of nitrogen functional groups attached to an aromatic ring is 1. The molecule has 0 amide bonds. The van der Waals surface area contributed by atoms with Gasteiger partial charge in [0.05, 0.1) is 5.69 Å². The minimum Gasteiger partial charge on any atom is -0.383 e. The zero-order valence-electron chi connectivity index (χ0n) is 10.8. The van der Waals surface area contributed by atoms with Gasteiger partial charge in [-0.3, -0.25) is 4.68 Å². The number of nitrogens with two attached hydrogens (primary N) is 1. The predicted molar refractivity (Wildman–Crippen MR) is 74.3 cm³/mol. The summed E-state index contributed by atoms with van der Waals surface area (Å²) in [5.74, 6) is 1.37. The number of rotatable bonds is 2. The highest BCUT2D eigenvalue weighted by Crippen LogP contribution is 2.40. The van der Waals surface area contributed by atoms with Gasteiger partial charge >= 0.3 is 0 Å². The summed E-state index contributed by atoms with van der Waals surface area (Å²) in [6.07, 6.45) is 5.12. The van der Waals surface area contributed by atoms with Crippen molar-refractivity contribution >= 4 is 5.82 Å². The lowest BCUT2D eigenvalue weighted by molar-refractivity contribution is 0.661. The minimum atomic E-state index is 0.587. The van der Waals surface area contributed by atoms with Gasteiger partial charge in [-0.25, -0.2) is 0 Å². The predicted octanol–water partition coefficient (Wildman–Crippen LogP) is 3.33. The molecule has 1 heterocycles. The molecule has 0 saturated heterocycles. The number of anilines is 1. The Bertz CT molecular complexity index is 536. The summed E-state index contributed by atoms with van der Waals surface area (Å²) >= 11 is 0. The fourth-order valence-corrected chi connectivity index (χ4v) is 2.94. The van der Waals surface area contributed by atoms with Crippen LogP contribution in [0.2, 0.25) is 0 Å². The van der Waals surface area contributed by atoms with E-state index in [9.17, 15) is 0 Å². The van der Waals surface area contributed by atoms with Gasteiger partial charge < -0.3 is 5.73 Å². The van der Waals surface area contributed by atoms with Gasteiger partial charge in [-0.05, 0) is 18.4 Å². The monoisotopic (exact) mass is 241 g/mol. The van der Waals surface area contributed by atoms with Crippen LogP contribution in [0.3, 0.4) is 0 Å². The summed E-state index contributed by atoms with van der Waals surface area (Å²) < 4.78 is 1.82. The van der Waals surface area contributed by atoms with Crippen molar-refractivity contribution in [2.24, 2.45) is 7.05 Å². The van der Waals surface area contributed by atoms with E-state index in [4.69, 9.17) is 5.73 Å². The molecule has 18 heavy (non-hydrogen) atoms. The molecule has 3 rings (SSSR count). The van der Waals surface area contributed by atoms with E-state index in [2.05, 4.69) is 29.4 Å². The van der Waals surface area contributed by atoms with Gasteiger partial charge in [0.15, 0.2) is 0 Å². The molecular weight excluding hydrogens is 222 g/mol. The van der Waals surface area contributed by atoms with E-state index in [1.54, 1.807) is 0 Å². The summed E-state index contributed by atoms with van der Waals surface area (Å²) in [6, 6.07) is 10.4. The number of nitrogens with zero attached hydrogens (tertiary/aromatic N) is 2. The second-order valence-corrected chi connectivity index (χ2v) is 5.12. The molecule has 0 aliphatic heterocycles. The van der Waals surface area contributed by atoms with Crippen molar-refractivity contribution in [2.75, 3.05) is 5.73 Å². The van der Waals surface area contributed by atoms with E-state index >= 15 is 0 Å². The van der Waals surface area contributed by atoms with Crippen LogP contribution >= 0.6 is 0 Å². The van der Waals surface area contributed by atoms with Crippen molar-refractivity contribution in [2.45, 2.75) is 31.6 Å². The molecule has 1 aromatic carbocycles. The molecule has 0 atom stereocenters. The third-order valence-corrected chi connectivity index (χ3v) is 3.92. The Kier molecular flexibility index (Phi) is 2.82. The molecule has 0 radical (unpaired) electrons. The van der Waals surface area contributed by atoms with Gasteiger partial charge in [0.2, 0.25) is 0 Å². The van der Waals surface area contributed by atoms with Gasteiger partial charge in [0.1, 0.15) is 5.82 Å². The van der Waals surface area contributed by atoms with Crippen LogP contribution in [-0.2, 0) is 7.05 Å². The minimum absolute atomic E-state index is 0.587. The average Bonchev–Trinajstić information content (AvgIpc) is 3.00. The summed E-state index contributed by atoms with van der Waals surface area (Å²) in [7, 11) is 1.93. The Morgan fingerprint density at radius 2 is 1.83 bits per heavy atom. The summed E-state index contributed by atoms with van der Waals surface area (Å²) in [4.78, 5) is 0. The normalized spacial score (nSPS) is 16.3. The van der Waals surface area contributed by atoms with Gasteiger partial charge in [0, 0.05) is 18.5 Å². The maximum Gasteiger partial charge on any atom is 0.129 e. The zero-order chi connectivity index (χ0) is 12.5. The quantitative estimate of drug-likeness (QED) is 0.876. The molecular formula is C15H19N3. The first-order valence-corrected chi connectivity index (χ1v) is 6.65. The fraction of sp³-hybridized carbons (Fsp3) is 0.400. The number of aromatic nitrogens is 2. The van der Waals surface area contributed by atoms with Crippen LogP contribution in [0.1, 0.15) is 37.3 Å². The van der Waals surface area contributed by atoms with Crippen molar-refractivity contribution in [1.29, 1.82) is 0 Å². The third kappa shape index (κ3) is 1.80. The third-order valence-electron chi connectivity index (χ3n) is 3.92. The Morgan fingerprint density at radius 1 is 1.17 bits per heavy atom. The largest absolute Gasteiger partial charge is 0.383 e. The van der Waals surface area contributed by atoms with Crippen molar-refractivity contribution in [3.8, 4) is 11.1 Å². The van der Waals surface area contributed by atoms with Crippen LogP contribution < -0.4 is 5.73 Å². The van der Waals surface area contributed by atoms with E-state index in [0.29, 0.717) is 5.92 Å². The Morgan fingerprint density at radius 3 is 2.50 bits per heavy atom. The average molecular weight is 241 g/mol. The van der Waals surface area contributed by atoms with Crippen LogP contribution in [0.4, 0.5) is 5.82 Å². The molecule has 1 aromatic heterocycles. The number of hydrogen-bond acceptors (Lipinski definition) is 2. The molecule has 1 aliphatic carbocycles. The molecule has 1 fully saturated rings. The highest BCUT2D eigenvalue weighted by atomic mass is 15.3. The van der Waals surface area contributed by atoms with Gasteiger partial charge in [0.25, 0.3) is 0 Å². The Labute approximate surface area is 108 Å². The summed E-state index contributed by atoms with van der Waals surface area (Å²) in [5, 5.41) is 4.66. The van der Waals surface area contributed by atoms with E-state index in [1.807, 2.05) is 17.8 Å². The maximum absolute atomic E-state index is 6.20. The first-order valence-electron chi connectivity index (χ1n) is 6.65. The van der Waals surface area contributed by atoms with Crippen LogP contribution in [0.15, 0.2) is 30.3 Å². The number of hydrogen-bond donors (Lipinski definition) is 1. The first-order chi connectivity index (χ1) is 8.77. The lowest BCUT2D eigenvalue weighted by Crippen LogP contribution is -1.98. The molecule has 2 N–H and O–H groups in total. The molecule has 0 spiro atoms. The lowest BCUT2D eigenvalue weighted by atomic mass is 9.96. The molecule has 0 unspecified atom stereocenters. The smallest absolute Gasteiger partial charge is 0.129 e. The van der Waals surface area contributed by atoms with Gasteiger partial charge in [-0.15, -0.1) is 0 Å². The van der Waals surface area contributed by atoms with Gasteiger partial charge in [-0.2, -0.15) is 5.10 Å². The fourth-order valence-electron chi connectivity index (χ4n) is 2.94. The summed E-state index contributed by atoms with van der Waals surface area (Å²) in [5.41, 5.74) is 9.73. The van der Waals surface area contributed by atoms with E-state index in [-0.39, 0.29) is 0 Å². The molecule has 0 bridgehead atoms. The molecule has 3 heteroatoms.